The highest BCUT2D eigenvalue weighted by molar-refractivity contribution is 5.78. The predicted octanol–water partition coefficient (Wildman–Crippen LogP) is 6.17. The molecule has 1 amide bonds. The van der Waals surface area contributed by atoms with E-state index in [1.807, 2.05) is 0 Å². The van der Waals surface area contributed by atoms with E-state index in [0.717, 1.165) is 32.4 Å². The maximum Gasteiger partial charge on any atom is 0.223 e. The molecule has 0 spiro atoms. The summed E-state index contributed by atoms with van der Waals surface area (Å²) >= 11 is 0. The average Bonchev–Trinajstić information content (AvgIpc) is 2.62. The first-order chi connectivity index (χ1) is 12.6. The third-order valence-corrected chi connectivity index (χ3v) is 5.26. The SMILES string of the molecule is CCCCCCCCCCCC(CCCCC)C(=O)NCCCN(C)C. The summed E-state index contributed by atoms with van der Waals surface area (Å²) in [7, 11) is 4.17. The van der Waals surface area contributed by atoms with Crippen molar-refractivity contribution in [2.24, 2.45) is 5.92 Å². The first-order valence-corrected chi connectivity index (χ1v) is 11.5. The fraction of sp³-hybridized carbons (Fsp3) is 0.957. The van der Waals surface area contributed by atoms with E-state index >= 15 is 0 Å². The normalized spacial score (nSPS) is 12.5. The van der Waals surface area contributed by atoms with Crippen LogP contribution in [0.25, 0.3) is 0 Å². The molecule has 0 saturated carbocycles. The largest absolute Gasteiger partial charge is 0.356 e. The number of carbonyl (C=O) groups excluding carboxylic acids is 1. The predicted molar refractivity (Wildman–Crippen MR) is 116 cm³/mol. The van der Waals surface area contributed by atoms with Crippen LogP contribution < -0.4 is 5.32 Å². The molecule has 0 rings (SSSR count). The van der Waals surface area contributed by atoms with Gasteiger partial charge in [0.25, 0.3) is 0 Å². The van der Waals surface area contributed by atoms with Crippen molar-refractivity contribution in [2.75, 3.05) is 27.2 Å². The Balaban J connectivity index is 3.89. The zero-order chi connectivity index (χ0) is 19.5. The summed E-state index contributed by atoms with van der Waals surface area (Å²) in [6.07, 6.45) is 19.0. The standard InChI is InChI=1S/C23H48N2O/c1-5-7-9-10-11-12-13-14-16-19-22(18-15-8-6-2)23(26)24-20-17-21-25(3)4/h22H,5-21H2,1-4H3,(H,24,26). The number of carbonyl (C=O) groups is 1. The lowest BCUT2D eigenvalue weighted by molar-refractivity contribution is -0.125. The third kappa shape index (κ3) is 16.9. The second-order valence-electron chi connectivity index (χ2n) is 8.26. The van der Waals surface area contributed by atoms with Crippen LogP contribution in [0.2, 0.25) is 0 Å². The molecule has 3 heteroatoms. The molecule has 156 valence electrons. The van der Waals surface area contributed by atoms with Crippen molar-refractivity contribution in [1.82, 2.24) is 10.2 Å². The van der Waals surface area contributed by atoms with Gasteiger partial charge in [0.2, 0.25) is 5.91 Å². The van der Waals surface area contributed by atoms with E-state index in [2.05, 4.69) is 38.2 Å². The molecule has 0 aliphatic heterocycles. The zero-order valence-corrected chi connectivity index (χ0v) is 18.5. The van der Waals surface area contributed by atoms with E-state index in [0.29, 0.717) is 5.91 Å². The van der Waals surface area contributed by atoms with E-state index in [1.54, 1.807) is 0 Å². The van der Waals surface area contributed by atoms with E-state index in [-0.39, 0.29) is 5.92 Å². The third-order valence-electron chi connectivity index (χ3n) is 5.26. The van der Waals surface area contributed by atoms with Gasteiger partial charge in [-0.25, -0.2) is 0 Å². The second-order valence-corrected chi connectivity index (χ2v) is 8.26. The molecule has 0 radical (unpaired) electrons. The Morgan fingerprint density at radius 2 is 1.19 bits per heavy atom. The van der Waals surface area contributed by atoms with Crippen LogP contribution in [0.15, 0.2) is 0 Å². The van der Waals surface area contributed by atoms with Crippen LogP contribution in [0.3, 0.4) is 0 Å². The van der Waals surface area contributed by atoms with Gasteiger partial charge >= 0.3 is 0 Å². The summed E-state index contributed by atoms with van der Waals surface area (Å²) in [6, 6.07) is 0. The van der Waals surface area contributed by atoms with E-state index in [1.165, 1.54) is 77.0 Å². The van der Waals surface area contributed by atoms with Crippen LogP contribution in [0.4, 0.5) is 0 Å². The van der Waals surface area contributed by atoms with Crippen LogP contribution in [0, 0.1) is 5.92 Å². The minimum atomic E-state index is 0.241. The topological polar surface area (TPSA) is 32.3 Å². The van der Waals surface area contributed by atoms with Gasteiger partial charge in [-0.15, -0.1) is 0 Å². The van der Waals surface area contributed by atoms with Gasteiger partial charge in [0, 0.05) is 12.5 Å². The van der Waals surface area contributed by atoms with Gasteiger partial charge in [0.05, 0.1) is 0 Å². The van der Waals surface area contributed by atoms with Crippen molar-refractivity contribution in [3.05, 3.63) is 0 Å². The van der Waals surface area contributed by atoms with Gasteiger partial charge in [0.15, 0.2) is 0 Å². The number of hydrogen-bond donors (Lipinski definition) is 1. The number of rotatable bonds is 19. The number of unbranched alkanes of at least 4 members (excludes halogenated alkanes) is 10. The molecule has 1 N–H and O–H groups in total. The molecule has 0 heterocycles. The van der Waals surface area contributed by atoms with E-state index in [4.69, 9.17) is 0 Å². The number of hydrogen-bond acceptors (Lipinski definition) is 2. The van der Waals surface area contributed by atoms with E-state index < -0.39 is 0 Å². The molecule has 0 fully saturated rings. The molecule has 0 bridgehead atoms. The van der Waals surface area contributed by atoms with E-state index in [9.17, 15) is 4.79 Å². The summed E-state index contributed by atoms with van der Waals surface area (Å²) in [5.41, 5.74) is 0. The monoisotopic (exact) mass is 368 g/mol. The summed E-state index contributed by atoms with van der Waals surface area (Å²) in [6.45, 7) is 6.37. The number of nitrogens with zero attached hydrogens (tertiary/aromatic N) is 1. The van der Waals surface area contributed by atoms with Crippen LogP contribution in [0.5, 0.6) is 0 Å². The highest BCUT2D eigenvalue weighted by Gasteiger charge is 2.17. The van der Waals surface area contributed by atoms with Crippen LogP contribution in [-0.4, -0.2) is 38.0 Å². The minimum absolute atomic E-state index is 0.241. The highest BCUT2D eigenvalue weighted by Crippen LogP contribution is 2.19. The van der Waals surface area contributed by atoms with Crippen molar-refractivity contribution in [3.63, 3.8) is 0 Å². The molecule has 0 aromatic heterocycles. The van der Waals surface area contributed by atoms with Gasteiger partial charge in [-0.2, -0.15) is 0 Å². The van der Waals surface area contributed by atoms with Crippen molar-refractivity contribution in [3.8, 4) is 0 Å². The summed E-state index contributed by atoms with van der Waals surface area (Å²) < 4.78 is 0. The Bertz CT molecular complexity index is 305. The van der Waals surface area contributed by atoms with Crippen LogP contribution >= 0.6 is 0 Å². The molecule has 0 aliphatic carbocycles. The Kier molecular flexibility index (Phi) is 18.8. The van der Waals surface area contributed by atoms with Crippen LogP contribution in [-0.2, 0) is 4.79 Å². The van der Waals surface area contributed by atoms with Crippen molar-refractivity contribution in [1.29, 1.82) is 0 Å². The highest BCUT2D eigenvalue weighted by atomic mass is 16.1. The molecular formula is C23H48N2O. The lowest BCUT2D eigenvalue weighted by Gasteiger charge is -2.17. The second kappa shape index (κ2) is 19.2. The summed E-state index contributed by atoms with van der Waals surface area (Å²) in [5, 5.41) is 3.18. The minimum Gasteiger partial charge on any atom is -0.356 e. The molecular weight excluding hydrogens is 320 g/mol. The maximum absolute atomic E-state index is 12.5. The summed E-state index contributed by atoms with van der Waals surface area (Å²) in [5.74, 6) is 0.546. The first-order valence-electron chi connectivity index (χ1n) is 11.5. The number of nitrogens with one attached hydrogen (secondary N) is 1. The first kappa shape index (κ1) is 25.4. The van der Waals surface area contributed by atoms with Gasteiger partial charge < -0.3 is 10.2 Å². The van der Waals surface area contributed by atoms with Gasteiger partial charge in [-0.1, -0.05) is 90.9 Å². The van der Waals surface area contributed by atoms with Crippen molar-refractivity contribution >= 4 is 5.91 Å². The quantitative estimate of drug-likeness (QED) is 0.276. The Hall–Kier alpha value is -0.570. The Morgan fingerprint density at radius 3 is 1.73 bits per heavy atom. The lowest BCUT2D eigenvalue weighted by atomic mass is 9.93. The smallest absolute Gasteiger partial charge is 0.223 e. The molecule has 0 saturated heterocycles. The van der Waals surface area contributed by atoms with Gasteiger partial charge in [-0.05, 0) is 39.9 Å². The number of amides is 1. The molecule has 1 atom stereocenters. The van der Waals surface area contributed by atoms with Gasteiger partial charge in [0.1, 0.15) is 0 Å². The zero-order valence-electron chi connectivity index (χ0n) is 18.5. The average molecular weight is 369 g/mol. The fourth-order valence-electron chi connectivity index (χ4n) is 3.50. The van der Waals surface area contributed by atoms with Crippen molar-refractivity contribution in [2.45, 2.75) is 110 Å². The molecule has 26 heavy (non-hydrogen) atoms. The molecule has 3 nitrogen and oxygen atoms in total. The van der Waals surface area contributed by atoms with Gasteiger partial charge in [-0.3, -0.25) is 4.79 Å². The Labute approximate surface area is 164 Å². The van der Waals surface area contributed by atoms with Crippen LogP contribution in [0.1, 0.15) is 110 Å². The molecule has 0 aromatic rings. The van der Waals surface area contributed by atoms with Crippen molar-refractivity contribution < 1.29 is 4.79 Å². The Morgan fingerprint density at radius 1 is 0.731 bits per heavy atom. The fourth-order valence-corrected chi connectivity index (χ4v) is 3.50. The lowest BCUT2D eigenvalue weighted by Crippen LogP contribution is -2.32. The molecule has 1 unspecified atom stereocenters. The molecule has 0 aliphatic rings. The molecule has 0 aromatic carbocycles. The maximum atomic E-state index is 12.5. The summed E-state index contributed by atoms with van der Waals surface area (Å²) in [4.78, 5) is 14.7.